The van der Waals surface area contributed by atoms with Crippen LogP contribution in [0.5, 0.6) is 0 Å². The SMILES string of the molecule is Cl.Nc1ccncc1C(=O)NC1CCCOCC1. The summed E-state index contributed by atoms with van der Waals surface area (Å²) in [4.78, 5) is 15.9. The largest absolute Gasteiger partial charge is 0.398 e. The van der Waals surface area contributed by atoms with Gasteiger partial charge in [0, 0.05) is 37.3 Å². The number of anilines is 1. The third kappa shape index (κ3) is 3.85. The number of aromatic nitrogens is 1. The van der Waals surface area contributed by atoms with Crippen LogP contribution in [-0.2, 0) is 4.74 Å². The maximum Gasteiger partial charge on any atom is 0.255 e. The van der Waals surface area contributed by atoms with Crippen molar-refractivity contribution in [3.05, 3.63) is 24.0 Å². The lowest BCUT2D eigenvalue weighted by atomic mass is 10.1. The molecular weight excluding hydrogens is 254 g/mol. The summed E-state index contributed by atoms with van der Waals surface area (Å²) in [5.41, 5.74) is 6.63. The Kier molecular flexibility index (Phi) is 5.88. The molecule has 2 rings (SSSR count). The third-order valence-electron chi connectivity index (χ3n) is 2.89. The Morgan fingerprint density at radius 2 is 2.28 bits per heavy atom. The van der Waals surface area contributed by atoms with Gasteiger partial charge < -0.3 is 15.8 Å². The normalized spacial score (nSPS) is 19.4. The molecule has 1 aliphatic rings. The van der Waals surface area contributed by atoms with Gasteiger partial charge in [0.05, 0.1) is 5.56 Å². The monoisotopic (exact) mass is 271 g/mol. The number of nitrogens with one attached hydrogen (secondary N) is 1. The van der Waals surface area contributed by atoms with Gasteiger partial charge >= 0.3 is 0 Å². The number of hydrogen-bond acceptors (Lipinski definition) is 4. The zero-order chi connectivity index (χ0) is 12.1. The summed E-state index contributed by atoms with van der Waals surface area (Å²) < 4.78 is 5.35. The summed E-state index contributed by atoms with van der Waals surface area (Å²) in [6.07, 6.45) is 5.86. The minimum Gasteiger partial charge on any atom is -0.398 e. The second-order valence-electron chi connectivity index (χ2n) is 4.18. The second-order valence-corrected chi connectivity index (χ2v) is 4.18. The Labute approximate surface area is 113 Å². The van der Waals surface area contributed by atoms with Gasteiger partial charge in [0.2, 0.25) is 0 Å². The Morgan fingerprint density at radius 3 is 3.06 bits per heavy atom. The van der Waals surface area contributed by atoms with E-state index in [1.165, 1.54) is 6.20 Å². The van der Waals surface area contributed by atoms with Crippen LogP contribution in [0.25, 0.3) is 0 Å². The van der Waals surface area contributed by atoms with Crippen molar-refractivity contribution in [2.45, 2.75) is 25.3 Å². The van der Waals surface area contributed by atoms with Crippen molar-refractivity contribution >= 4 is 24.0 Å². The molecule has 1 atom stereocenters. The Morgan fingerprint density at radius 1 is 1.44 bits per heavy atom. The maximum atomic E-state index is 12.0. The number of ether oxygens (including phenoxy) is 1. The highest BCUT2D eigenvalue weighted by molar-refractivity contribution is 5.98. The average molecular weight is 272 g/mol. The first-order chi connectivity index (χ1) is 8.27. The topological polar surface area (TPSA) is 77.2 Å². The molecule has 2 heterocycles. The molecule has 3 N–H and O–H groups in total. The van der Waals surface area contributed by atoms with E-state index in [2.05, 4.69) is 10.3 Å². The summed E-state index contributed by atoms with van der Waals surface area (Å²) in [6, 6.07) is 1.80. The molecule has 1 aromatic rings. The first kappa shape index (κ1) is 14.7. The van der Waals surface area contributed by atoms with Crippen molar-refractivity contribution < 1.29 is 9.53 Å². The fourth-order valence-corrected chi connectivity index (χ4v) is 1.91. The van der Waals surface area contributed by atoms with Crippen molar-refractivity contribution in [1.29, 1.82) is 0 Å². The van der Waals surface area contributed by atoms with E-state index in [1.54, 1.807) is 12.3 Å². The fraction of sp³-hybridized carbons (Fsp3) is 0.500. The van der Waals surface area contributed by atoms with E-state index >= 15 is 0 Å². The van der Waals surface area contributed by atoms with Crippen LogP contribution >= 0.6 is 12.4 Å². The number of halogens is 1. The number of amides is 1. The Balaban J connectivity index is 0.00000162. The number of carbonyl (C=O) groups is 1. The molecule has 5 nitrogen and oxygen atoms in total. The van der Waals surface area contributed by atoms with E-state index in [0.717, 1.165) is 25.9 Å². The van der Waals surface area contributed by atoms with Gasteiger partial charge in [-0.05, 0) is 25.3 Å². The van der Waals surface area contributed by atoms with Crippen LogP contribution in [0.1, 0.15) is 29.6 Å². The van der Waals surface area contributed by atoms with Crippen LogP contribution in [0.3, 0.4) is 0 Å². The van der Waals surface area contributed by atoms with E-state index < -0.39 is 0 Å². The molecule has 100 valence electrons. The number of pyridine rings is 1. The predicted molar refractivity (Wildman–Crippen MR) is 71.8 cm³/mol. The molecule has 1 amide bonds. The van der Waals surface area contributed by atoms with Crippen LogP contribution < -0.4 is 11.1 Å². The first-order valence-electron chi connectivity index (χ1n) is 5.85. The number of nitrogens with two attached hydrogens (primary N) is 1. The van der Waals surface area contributed by atoms with Crippen molar-refractivity contribution in [2.24, 2.45) is 0 Å². The minimum atomic E-state index is -0.150. The predicted octanol–water partition coefficient (Wildman–Crippen LogP) is 1.38. The van der Waals surface area contributed by atoms with Crippen LogP contribution in [0, 0.1) is 0 Å². The minimum absolute atomic E-state index is 0. The van der Waals surface area contributed by atoms with Crippen LogP contribution in [-0.4, -0.2) is 30.1 Å². The van der Waals surface area contributed by atoms with E-state index in [-0.39, 0.29) is 24.4 Å². The van der Waals surface area contributed by atoms with Crippen molar-refractivity contribution in [1.82, 2.24) is 10.3 Å². The zero-order valence-electron chi connectivity index (χ0n) is 10.1. The van der Waals surface area contributed by atoms with E-state index in [0.29, 0.717) is 17.9 Å². The smallest absolute Gasteiger partial charge is 0.255 e. The molecule has 0 saturated carbocycles. The highest BCUT2D eigenvalue weighted by Crippen LogP contribution is 2.12. The molecule has 0 aromatic carbocycles. The van der Waals surface area contributed by atoms with Crippen LogP contribution in [0.4, 0.5) is 5.69 Å². The van der Waals surface area contributed by atoms with Crippen LogP contribution in [0.2, 0.25) is 0 Å². The summed E-state index contributed by atoms with van der Waals surface area (Å²) in [5, 5.41) is 2.98. The zero-order valence-corrected chi connectivity index (χ0v) is 10.9. The molecule has 18 heavy (non-hydrogen) atoms. The number of hydrogen-bond donors (Lipinski definition) is 2. The third-order valence-corrected chi connectivity index (χ3v) is 2.89. The quantitative estimate of drug-likeness (QED) is 0.852. The average Bonchev–Trinajstić information content (AvgIpc) is 2.58. The summed E-state index contributed by atoms with van der Waals surface area (Å²) in [5.74, 6) is -0.150. The lowest BCUT2D eigenvalue weighted by Gasteiger charge is -2.16. The fourth-order valence-electron chi connectivity index (χ4n) is 1.91. The van der Waals surface area contributed by atoms with Crippen LogP contribution in [0.15, 0.2) is 18.5 Å². The molecule has 0 spiro atoms. The standard InChI is InChI=1S/C12H17N3O2.ClH/c13-11-3-5-14-8-10(11)12(16)15-9-2-1-6-17-7-4-9;/h3,5,8-9H,1-2,4,6-7H2,(H2,13,14)(H,15,16);1H. The van der Waals surface area contributed by atoms with Gasteiger partial charge in [-0.25, -0.2) is 0 Å². The van der Waals surface area contributed by atoms with Gasteiger partial charge in [0.1, 0.15) is 0 Å². The molecule has 1 aromatic heterocycles. The molecule has 0 radical (unpaired) electrons. The van der Waals surface area contributed by atoms with Crippen molar-refractivity contribution in [2.75, 3.05) is 18.9 Å². The number of nitrogens with zero attached hydrogens (tertiary/aromatic N) is 1. The van der Waals surface area contributed by atoms with E-state index in [1.807, 2.05) is 0 Å². The molecular formula is C12H18ClN3O2. The van der Waals surface area contributed by atoms with Gasteiger partial charge in [-0.15, -0.1) is 12.4 Å². The van der Waals surface area contributed by atoms with E-state index in [4.69, 9.17) is 10.5 Å². The molecule has 1 unspecified atom stereocenters. The van der Waals surface area contributed by atoms with Gasteiger partial charge in [0.15, 0.2) is 0 Å². The highest BCUT2D eigenvalue weighted by atomic mass is 35.5. The molecule has 0 bridgehead atoms. The Bertz CT molecular complexity index is 393. The molecule has 6 heteroatoms. The molecule has 1 saturated heterocycles. The first-order valence-corrected chi connectivity index (χ1v) is 5.85. The lowest BCUT2D eigenvalue weighted by molar-refractivity contribution is 0.0930. The molecule has 1 aliphatic heterocycles. The number of carbonyl (C=O) groups excluding carboxylic acids is 1. The summed E-state index contributed by atoms with van der Waals surface area (Å²) >= 11 is 0. The number of nitrogen functional groups attached to an aromatic ring is 1. The maximum absolute atomic E-state index is 12.0. The highest BCUT2D eigenvalue weighted by Gasteiger charge is 2.17. The Hall–Kier alpha value is -1.33. The lowest BCUT2D eigenvalue weighted by Crippen LogP contribution is -2.35. The van der Waals surface area contributed by atoms with Gasteiger partial charge in [-0.3, -0.25) is 9.78 Å². The molecule has 1 fully saturated rings. The van der Waals surface area contributed by atoms with E-state index in [9.17, 15) is 4.79 Å². The summed E-state index contributed by atoms with van der Waals surface area (Å²) in [6.45, 7) is 1.48. The van der Waals surface area contributed by atoms with Crippen molar-refractivity contribution in [3.8, 4) is 0 Å². The second kappa shape index (κ2) is 7.18. The van der Waals surface area contributed by atoms with Gasteiger partial charge in [-0.2, -0.15) is 0 Å². The van der Waals surface area contributed by atoms with Gasteiger partial charge in [-0.1, -0.05) is 0 Å². The summed E-state index contributed by atoms with van der Waals surface area (Å²) in [7, 11) is 0. The van der Waals surface area contributed by atoms with Gasteiger partial charge in [0.25, 0.3) is 5.91 Å². The number of rotatable bonds is 2. The van der Waals surface area contributed by atoms with Crippen molar-refractivity contribution in [3.63, 3.8) is 0 Å². The molecule has 0 aliphatic carbocycles.